The summed E-state index contributed by atoms with van der Waals surface area (Å²) in [5, 5.41) is 0.313. The van der Waals surface area contributed by atoms with Crippen molar-refractivity contribution in [2.45, 2.75) is 6.92 Å². The number of ether oxygens (including phenoxy) is 3. The first-order chi connectivity index (χ1) is 14.5. The van der Waals surface area contributed by atoms with E-state index in [4.69, 9.17) is 18.6 Å². The number of hydrogen-bond acceptors (Lipinski definition) is 7. The highest BCUT2D eigenvalue weighted by Crippen LogP contribution is 2.28. The molecule has 0 atom stereocenters. The molecule has 0 amide bonds. The molecule has 30 heavy (non-hydrogen) atoms. The Morgan fingerprint density at radius 1 is 0.933 bits per heavy atom. The second-order valence-corrected chi connectivity index (χ2v) is 6.38. The number of fused-ring (bicyclic) bond motifs is 1. The Bertz CT molecular complexity index is 1260. The number of aromatic nitrogens is 1. The Labute approximate surface area is 171 Å². The van der Waals surface area contributed by atoms with Crippen LogP contribution in [-0.2, 0) is 0 Å². The van der Waals surface area contributed by atoms with Gasteiger partial charge in [0.15, 0.2) is 0 Å². The third kappa shape index (κ3) is 3.86. The minimum Gasteiger partial charge on any atom is -0.497 e. The van der Waals surface area contributed by atoms with Crippen LogP contribution in [0.5, 0.6) is 23.0 Å². The molecule has 0 aliphatic heterocycles. The quantitative estimate of drug-likeness (QED) is 0.358. The zero-order chi connectivity index (χ0) is 21.1. The number of esters is 1. The summed E-state index contributed by atoms with van der Waals surface area (Å²) in [7, 11) is 1.57. The number of carbonyl (C=O) groups excluding carboxylic acids is 1. The molecular formula is C23H17NO6. The van der Waals surface area contributed by atoms with Gasteiger partial charge in [0, 0.05) is 18.5 Å². The first-order valence-corrected chi connectivity index (χ1v) is 9.07. The Morgan fingerprint density at radius 3 is 2.30 bits per heavy atom. The maximum absolute atomic E-state index is 12.9. The van der Waals surface area contributed by atoms with E-state index in [0.29, 0.717) is 33.8 Å². The van der Waals surface area contributed by atoms with Crippen molar-refractivity contribution >= 4 is 16.9 Å². The molecular weight excluding hydrogens is 386 g/mol. The van der Waals surface area contributed by atoms with E-state index in [1.807, 2.05) is 0 Å². The van der Waals surface area contributed by atoms with Gasteiger partial charge < -0.3 is 18.6 Å². The summed E-state index contributed by atoms with van der Waals surface area (Å²) in [6.07, 6.45) is 3.01. The standard InChI is InChI=1S/C23H17NO6/c1-14-22(29-17-5-3-16(27-2)4-6-17)21(25)19-8-7-18(13-20(19)28-14)30-23(26)15-9-11-24-12-10-15/h3-13H,1-2H3. The van der Waals surface area contributed by atoms with Crippen molar-refractivity contribution in [1.29, 1.82) is 0 Å². The Hall–Kier alpha value is -4.13. The highest BCUT2D eigenvalue weighted by molar-refractivity contribution is 5.91. The van der Waals surface area contributed by atoms with Crippen LogP contribution in [-0.4, -0.2) is 18.1 Å². The van der Waals surface area contributed by atoms with Gasteiger partial charge in [0.2, 0.25) is 11.2 Å². The van der Waals surface area contributed by atoms with Gasteiger partial charge in [-0.3, -0.25) is 9.78 Å². The van der Waals surface area contributed by atoms with E-state index >= 15 is 0 Å². The predicted molar refractivity (Wildman–Crippen MR) is 109 cm³/mol. The smallest absolute Gasteiger partial charge is 0.343 e. The van der Waals surface area contributed by atoms with Gasteiger partial charge >= 0.3 is 5.97 Å². The van der Waals surface area contributed by atoms with Gasteiger partial charge in [-0.05, 0) is 55.5 Å². The maximum Gasteiger partial charge on any atom is 0.343 e. The van der Waals surface area contributed by atoms with E-state index < -0.39 is 5.97 Å². The van der Waals surface area contributed by atoms with E-state index in [9.17, 15) is 9.59 Å². The first-order valence-electron chi connectivity index (χ1n) is 9.07. The molecule has 150 valence electrons. The zero-order valence-corrected chi connectivity index (χ0v) is 16.2. The second-order valence-electron chi connectivity index (χ2n) is 6.38. The zero-order valence-electron chi connectivity index (χ0n) is 16.2. The molecule has 0 aliphatic carbocycles. The number of pyridine rings is 1. The van der Waals surface area contributed by atoms with Gasteiger partial charge in [-0.15, -0.1) is 0 Å². The molecule has 0 saturated heterocycles. The number of benzene rings is 2. The van der Waals surface area contributed by atoms with E-state index in [1.165, 1.54) is 30.6 Å². The molecule has 0 spiro atoms. The summed E-state index contributed by atoms with van der Waals surface area (Å²) in [5.41, 5.74) is 0.335. The fourth-order valence-electron chi connectivity index (χ4n) is 2.87. The van der Waals surface area contributed by atoms with Crippen LogP contribution in [0.25, 0.3) is 11.0 Å². The summed E-state index contributed by atoms with van der Waals surface area (Å²) in [5.74, 6) is 1.29. The number of carbonyl (C=O) groups is 1. The van der Waals surface area contributed by atoms with E-state index in [1.54, 1.807) is 50.4 Å². The van der Waals surface area contributed by atoms with Crippen LogP contribution in [0.4, 0.5) is 0 Å². The van der Waals surface area contributed by atoms with Gasteiger partial charge in [0.25, 0.3) is 0 Å². The lowest BCUT2D eigenvalue weighted by atomic mass is 10.2. The van der Waals surface area contributed by atoms with Crippen molar-refractivity contribution in [3.05, 3.63) is 88.5 Å². The van der Waals surface area contributed by atoms with Crippen LogP contribution < -0.4 is 19.6 Å². The van der Waals surface area contributed by atoms with Gasteiger partial charge in [-0.25, -0.2) is 4.79 Å². The SMILES string of the molecule is COc1ccc(Oc2c(C)oc3cc(OC(=O)c4ccncc4)ccc3c2=O)cc1. The van der Waals surface area contributed by atoms with Crippen molar-refractivity contribution in [2.24, 2.45) is 0 Å². The van der Waals surface area contributed by atoms with Crippen molar-refractivity contribution in [3.63, 3.8) is 0 Å². The fourth-order valence-corrected chi connectivity index (χ4v) is 2.87. The van der Waals surface area contributed by atoms with E-state index in [0.717, 1.165) is 0 Å². The van der Waals surface area contributed by atoms with Gasteiger partial charge in [0.1, 0.15) is 28.6 Å². The number of rotatable bonds is 5. The molecule has 0 bridgehead atoms. The third-order valence-electron chi connectivity index (χ3n) is 4.39. The van der Waals surface area contributed by atoms with Gasteiger partial charge in [-0.2, -0.15) is 0 Å². The van der Waals surface area contributed by atoms with Crippen molar-refractivity contribution in [1.82, 2.24) is 4.98 Å². The monoisotopic (exact) mass is 403 g/mol. The molecule has 4 rings (SSSR count). The molecule has 4 aromatic rings. The summed E-state index contributed by atoms with van der Waals surface area (Å²) >= 11 is 0. The highest BCUT2D eigenvalue weighted by atomic mass is 16.5. The number of hydrogen-bond donors (Lipinski definition) is 0. The normalized spacial score (nSPS) is 10.6. The molecule has 0 aliphatic rings. The minimum absolute atomic E-state index is 0.0918. The van der Waals surface area contributed by atoms with Crippen LogP contribution in [0, 0.1) is 6.92 Å². The van der Waals surface area contributed by atoms with E-state index in [2.05, 4.69) is 4.98 Å². The Kier molecular flexibility index (Phi) is 5.17. The van der Waals surface area contributed by atoms with Crippen molar-refractivity contribution < 1.29 is 23.4 Å². The topological polar surface area (TPSA) is 87.9 Å². The van der Waals surface area contributed by atoms with Crippen LogP contribution in [0.2, 0.25) is 0 Å². The predicted octanol–water partition coefficient (Wildman–Crippen LogP) is 4.52. The number of nitrogens with zero attached hydrogens (tertiary/aromatic N) is 1. The minimum atomic E-state index is -0.532. The van der Waals surface area contributed by atoms with Crippen molar-refractivity contribution in [2.75, 3.05) is 7.11 Å². The molecule has 0 saturated carbocycles. The lowest BCUT2D eigenvalue weighted by molar-refractivity contribution is 0.0735. The molecule has 2 aromatic heterocycles. The first kappa shape index (κ1) is 19.2. The second kappa shape index (κ2) is 8.08. The van der Waals surface area contributed by atoms with Gasteiger partial charge in [0.05, 0.1) is 18.1 Å². The lowest BCUT2D eigenvalue weighted by Crippen LogP contribution is -2.10. The molecule has 0 N–H and O–H groups in total. The lowest BCUT2D eigenvalue weighted by Gasteiger charge is -2.10. The molecule has 7 nitrogen and oxygen atoms in total. The summed E-state index contributed by atoms with van der Waals surface area (Å²) in [6, 6.07) is 14.5. The summed E-state index contributed by atoms with van der Waals surface area (Å²) in [6.45, 7) is 1.63. The Morgan fingerprint density at radius 2 is 1.60 bits per heavy atom. The Balaban J connectivity index is 1.63. The average molecular weight is 403 g/mol. The van der Waals surface area contributed by atoms with Crippen LogP contribution in [0.1, 0.15) is 16.1 Å². The van der Waals surface area contributed by atoms with Crippen LogP contribution in [0.15, 0.2) is 76.2 Å². The molecule has 7 heteroatoms. The summed E-state index contributed by atoms with van der Waals surface area (Å²) < 4.78 is 22.0. The van der Waals surface area contributed by atoms with Crippen LogP contribution >= 0.6 is 0 Å². The van der Waals surface area contributed by atoms with Crippen LogP contribution in [0.3, 0.4) is 0 Å². The van der Waals surface area contributed by atoms with Gasteiger partial charge in [-0.1, -0.05) is 0 Å². The third-order valence-corrected chi connectivity index (χ3v) is 4.39. The highest BCUT2D eigenvalue weighted by Gasteiger charge is 2.16. The van der Waals surface area contributed by atoms with E-state index in [-0.39, 0.29) is 16.9 Å². The average Bonchev–Trinajstić information content (AvgIpc) is 2.77. The molecule has 0 radical (unpaired) electrons. The molecule has 2 aromatic carbocycles. The number of aryl methyl sites for hydroxylation is 1. The molecule has 0 fully saturated rings. The molecule has 0 unspecified atom stereocenters. The fraction of sp³-hybridized carbons (Fsp3) is 0.0870. The summed E-state index contributed by atoms with van der Waals surface area (Å²) in [4.78, 5) is 29.0. The largest absolute Gasteiger partial charge is 0.497 e. The molecule has 2 heterocycles. The van der Waals surface area contributed by atoms with Crippen molar-refractivity contribution in [3.8, 4) is 23.0 Å². The number of methoxy groups -OCH3 is 1. The maximum atomic E-state index is 12.9.